The minimum Gasteiger partial charge on any atom is -0.478 e. The first-order chi connectivity index (χ1) is 8.60. The van der Waals surface area contributed by atoms with E-state index in [4.69, 9.17) is 9.84 Å². The molecule has 0 spiro atoms. The van der Waals surface area contributed by atoms with Crippen molar-refractivity contribution in [3.8, 4) is 0 Å². The number of nitrogens with one attached hydrogen (secondary N) is 1. The van der Waals surface area contributed by atoms with Crippen LogP contribution in [0.2, 0.25) is 0 Å². The quantitative estimate of drug-likeness (QED) is 0.779. The monoisotopic (exact) mass is 256 g/mol. The van der Waals surface area contributed by atoms with Gasteiger partial charge in [-0.25, -0.2) is 14.2 Å². The zero-order valence-corrected chi connectivity index (χ0v) is 9.77. The molecule has 1 amide bonds. The highest BCUT2D eigenvalue weighted by Crippen LogP contribution is 2.10. The fraction of sp³-hybridized carbons (Fsp3) is 0.364. The number of ether oxygens (including phenoxy) is 1. The standard InChI is InChI=1S/C11H13FN2O4/c1-18-6-7-4-8(11(16)17)9(14-5-7)10(15)13-3-2-12/h4-5H,2-3,6H2,1H3,(H,13,15)(H,16,17). The van der Waals surface area contributed by atoms with Crippen LogP contribution in [0.4, 0.5) is 4.39 Å². The van der Waals surface area contributed by atoms with Crippen LogP contribution in [0.25, 0.3) is 0 Å². The molecule has 0 aliphatic heterocycles. The summed E-state index contributed by atoms with van der Waals surface area (Å²) in [5.74, 6) is -1.99. The molecular weight excluding hydrogens is 243 g/mol. The maximum Gasteiger partial charge on any atom is 0.338 e. The minimum absolute atomic E-state index is 0.181. The van der Waals surface area contributed by atoms with E-state index in [2.05, 4.69) is 10.3 Å². The van der Waals surface area contributed by atoms with E-state index in [1.807, 2.05) is 0 Å². The van der Waals surface area contributed by atoms with E-state index in [9.17, 15) is 14.0 Å². The number of carboxylic acids is 1. The van der Waals surface area contributed by atoms with E-state index in [-0.39, 0.29) is 24.4 Å². The van der Waals surface area contributed by atoms with Gasteiger partial charge in [-0.05, 0) is 11.6 Å². The van der Waals surface area contributed by atoms with Crippen LogP contribution in [-0.2, 0) is 11.3 Å². The molecule has 0 aliphatic rings. The van der Waals surface area contributed by atoms with E-state index in [1.54, 1.807) is 0 Å². The Bertz CT molecular complexity index is 451. The third-order valence-corrected chi connectivity index (χ3v) is 2.08. The summed E-state index contributed by atoms with van der Waals surface area (Å²) in [5, 5.41) is 11.2. The van der Waals surface area contributed by atoms with Gasteiger partial charge < -0.3 is 15.2 Å². The Labute approximate surface area is 103 Å². The lowest BCUT2D eigenvalue weighted by molar-refractivity contribution is 0.0689. The second kappa shape index (κ2) is 6.65. The summed E-state index contributed by atoms with van der Waals surface area (Å²) >= 11 is 0. The molecule has 98 valence electrons. The normalized spacial score (nSPS) is 10.1. The van der Waals surface area contributed by atoms with Crippen LogP contribution in [-0.4, -0.2) is 42.3 Å². The van der Waals surface area contributed by atoms with Gasteiger partial charge in [0, 0.05) is 19.9 Å². The van der Waals surface area contributed by atoms with Crippen molar-refractivity contribution in [1.82, 2.24) is 10.3 Å². The van der Waals surface area contributed by atoms with Gasteiger partial charge in [0.05, 0.1) is 12.2 Å². The topological polar surface area (TPSA) is 88.5 Å². The zero-order chi connectivity index (χ0) is 13.5. The third kappa shape index (κ3) is 3.49. The molecule has 0 saturated heterocycles. The second-order valence-electron chi connectivity index (χ2n) is 3.42. The number of carboxylic acid groups (broad SMARTS) is 1. The zero-order valence-electron chi connectivity index (χ0n) is 9.77. The van der Waals surface area contributed by atoms with Crippen LogP contribution in [0.3, 0.4) is 0 Å². The summed E-state index contributed by atoms with van der Waals surface area (Å²) in [4.78, 5) is 26.4. The fourth-order valence-corrected chi connectivity index (χ4v) is 1.34. The Morgan fingerprint density at radius 3 is 2.83 bits per heavy atom. The number of hydrogen-bond donors (Lipinski definition) is 2. The predicted molar refractivity (Wildman–Crippen MR) is 60.2 cm³/mol. The highest BCUT2D eigenvalue weighted by molar-refractivity contribution is 6.03. The lowest BCUT2D eigenvalue weighted by Crippen LogP contribution is -2.28. The average Bonchev–Trinajstić information content (AvgIpc) is 2.36. The van der Waals surface area contributed by atoms with Gasteiger partial charge in [0.1, 0.15) is 12.4 Å². The molecular formula is C11H13FN2O4. The molecule has 1 rings (SSSR count). The number of nitrogens with zero attached hydrogens (tertiary/aromatic N) is 1. The maximum absolute atomic E-state index is 11.9. The molecule has 18 heavy (non-hydrogen) atoms. The van der Waals surface area contributed by atoms with E-state index in [0.29, 0.717) is 5.56 Å². The first-order valence-electron chi connectivity index (χ1n) is 5.15. The van der Waals surface area contributed by atoms with Gasteiger partial charge in [0.25, 0.3) is 5.91 Å². The highest BCUT2D eigenvalue weighted by atomic mass is 19.1. The van der Waals surface area contributed by atoms with Crippen LogP contribution in [0, 0.1) is 0 Å². The van der Waals surface area contributed by atoms with E-state index in [0.717, 1.165) is 0 Å². The summed E-state index contributed by atoms with van der Waals surface area (Å²) in [6.45, 7) is -0.713. The molecule has 1 aromatic heterocycles. The van der Waals surface area contributed by atoms with Crippen LogP contribution >= 0.6 is 0 Å². The van der Waals surface area contributed by atoms with Gasteiger partial charge in [-0.2, -0.15) is 0 Å². The van der Waals surface area contributed by atoms with Crippen LogP contribution in [0.15, 0.2) is 12.3 Å². The molecule has 7 heteroatoms. The van der Waals surface area contributed by atoms with Crippen molar-refractivity contribution in [3.05, 3.63) is 29.1 Å². The number of halogens is 1. The number of alkyl halides is 1. The van der Waals surface area contributed by atoms with Crippen molar-refractivity contribution >= 4 is 11.9 Å². The van der Waals surface area contributed by atoms with Crippen molar-refractivity contribution in [2.75, 3.05) is 20.3 Å². The minimum atomic E-state index is -1.27. The number of aromatic nitrogens is 1. The summed E-state index contributed by atoms with van der Waals surface area (Å²) in [7, 11) is 1.46. The Morgan fingerprint density at radius 1 is 1.56 bits per heavy atom. The maximum atomic E-state index is 11.9. The Hall–Kier alpha value is -2.02. The first kappa shape index (κ1) is 14.0. The molecule has 0 aliphatic carbocycles. The SMILES string of the molecule is COCc1cnc(C(=O)NCCF)c(C(=O)O)c1. The van der Waals surface area contributed by atoms with Gasteiger partial charge in [0.2, 0.25) is 0 Å². The lowest BCUT2D eigenvalue weighted by Gasteiger charge is -2.07. The highest BCUT2D eigenvalue weighted by Gasteiger charge is 2.18. The number of methoxy groups -OCH3 is 1. The van der Waals surface area contributed by atoms with Gasteiger partial charge in [-0.1, -0.05) is 0 Å². The summed E-state index contributed by atoms with van der Waals surface area (Å²) in [6.07, 6.45) is 1.35. The number of carbonyl (C=O) groups excluding carboxylic acids is 1. The van der Waals surface area contributed by atoms with E-state index in [1.165, 1.54) is 19.4 Å². The van der Waals surface area contributed by atoms with Crippen molar-refractivity contribution < 1.29 is 23.8 Å². The van der Waals surface area contributed by atoms with Crippen molar-refractivity contribution in [1.29, 1.82) is 0 Å². The lowest BCUT2D eigenvalue weighted by atomic mass is 10.1. The average molecular weight is 256 g/mol. The number of aromatic carboxylic acids is 1. The number of rotatable bonds is 6. The fourth-order valence-electron chi connectivity index (χ4n) is 1.34. The van der Waals surface area contributed by atoms with Gasteiger partial charge >= 0.3 is 5.97 Å². The molecule has 0 bridgehead atoms. The van der Waals surface area contributed by atoms with Gasteiger partial charge in [-0.3, -0.25) is 4.79 Å². The molecule has 2 N–H and O–H groups in total. The van der Waals surface area contributed by atoms with Crippen LogP contribution in [0.5, 0.6) is 0 Å². The van der Waals surface area contributed by atoms with Crippen LogP contribution < -0.4 is 5.32 Å². The predicted octanol–water partition coefficient (Wildman–Crippen LogP) is 0.625. The number of hydrogen-bond acceptors (Lipinski definition) is 4. The molecule has 0 unspecified atom stereocenters. The largest absolute Gasteiger partial charge is 0.478 e. The Kier molecular flexibility index (Phi) is 5.19. The molecule has 1 aromatic rings. The van der Waals surface area contributed by atoms with E-state index < -0.39 is 18.6 Å². The molecule has 0 radical (unpaired) electrons. The molecule has 6 nitrogen and oxygen atoms in total. The summed E-state index contributed by atoms with van der Waals surface area (Å²) in [5.41, 5.74) is 0.0636. The molecule has 0 atom stereocenters. The molecule has 1 heterocycles. The number of amides is 1. The first-order valence-corrected chi connectivity index (χ1v) is 5.15. The number of carbonyl (C=O) groups is 2. The smallest absolute Gasteiger partial charge is 0.338 e. The molecule has 0 fully saturated rings. The van der Waals surface area contributed by atoms with Gasteiger partial charge in [-0.15, -0.1) is 0 Å². The van der Waals surface area contributed by atoms with Gasteiger partial charge in [0.15, 0.2) is 0 Å². The summed E-state index contributed by atoms with van der Waals surface area (Å²) < 4.78 is 16.8. The third-order valence-electron chi connectivity index (χ3n) is 2.08. The second-order valence-corrected chi connectivity index (χ2v) is 3.42. The van der Waals surface area contributed by atoms with Crippen molar-refractivity contribution in [3.63, 3.8) is 0 Å². The molecule has 0 aromatic carbocycles. The Morgan fingerprint density at radius 2 is 2.28 bits per heavy atom. The molecule has 0 saturated carbocycles. The van der Waals surface area contributed by atoms with Crippen LogP contribution in [0.1, 0.15) is 26.4 Å². The van der Waals surface area contributed by atoms with Crippen molar-refractivity contribution in [2.24, 2.45) is 0 Å². The van der Waals surface area contributed by atoms with Crippen molar-refractivity contribution in [2.45, 2.75) is 6.61 Å². The number of pyridine rings is 1. The van der Waals surface area contributed by atoms with E-state index >= 15 is 0 Å². The Balaban J connectivity index is 3.03. The summed E-state index contributed by atoms with van der Waals surface area (Å²) in [6, 6.07) is 1.31.